The third-order valence-electron chi connectivity index (χ3n) is 2.37. The second-order valence-electron chi connectivity index (χ2n) is 3.91. The first-order valence-electron chi connectivity index (χ1n) is 5.85. The lowest BCUT2D eigenvalue weighted by Gasteiger charge is -2.14. The van der Waals surface area contributed by atoms with Gasteiger partial charge in [0.15, 0.2) is 0 Å². The Bertz CT molecular complexity index is 217. The van der Waals surface area contributed by atoms with Crippen LogP contribution in [0.1, 0.15) is 39.5 Å². The van der Waals surface area contributed by atoms with E-state index in [1.54, 1.807) is 0 Å². The molecule has 1 heterocycles. The van der Waals surface area contributed by atoms with Crippen LogP contribution < -0.4 is 0 Å². The van der Waals surface area contributed by atoms with E-state index in [1.165, 1.54) is 18.4 Å². The Morgan fingerprint density at radius 3 is 2.12 bits per heavy atom. The lowest BCUT2D eigenvalue weighted by Crippen LogP contribution is -2.27. The average molecular weight is 243 g/mol. The van der Waals surface area contributed by atoms with Gasteiger partial charge in [0.05, 0.1) is 0 Å². The van der Waals surface area contributed by atoms with Crippen LogP contribution in [-0.2, 0) is 9.59 Å². The summed E-state index contributed by atoms with van der Waals surface area (Å²) in [5, 5.41) is 7.00. The van der Waals surface area contributed by atoms with E-state index in [0.29, 0.717) is 12.3 Å². The molecule has 1 fully saturated rings. The topological polar surface area (TPSA) is 57.6 Å². The van der Waals surface area contributed by atoms with Crippen LogP contribution in [0, 0.1) is 0 Å². The first-order valence-corrected chi connectivity index (χ1v) is 5.85. The van der Waals surface area contributed by atoms with Crippen LogP contribution >= 0.6 is 0 Å². The Labute approximate surface area is 104 Å². The molecule has 100 valence electrons. The fourth-order valence-electron chi connectivity index (χ4n) is 1.61. The molecule has 17 heavy (non-hydrogen) atoms. The molecule has 0 aromatic rings. The highest BCUT2D eigenvalue weighted by Gasteiger charge is 2.16. The molecule has 0 aromatic carbocycles. The van der Waals surface area contributed by atoms with Gasteiger partial charge in [-0.2, -0.15) is 0 Å². The molecule has 1 aliphatic heterocycles. The number of aliphatic hydroxyl groups is 1. The Hall–Kier alpha value is -1.16. The summed E-state index contributed by atoms with van der Waals surface area (Å²) in [4.78, 5) is 21.5. The molecule has 0 atom stereocenters. The van der Waals surface area contributed by atoms with Crippen molar-refractivity contribution < 1.29 is 14.7 Å². The first kappa shape index (κ1) is 18.2. The van der Waals surface area contributed by atoms with Crippen molar-refractivity contribution in [3.05, 3.63) is 11.6 Å². The number of amides is 1. The van der Waals surface area contributed by atoms with Crippen molar-refractivity contribution in [2.24, 2.45) is 0 Å². The minimum absolute atomic E-state index is 0.329. The average Bonchev–Trinajstić information content (AvgIpc) is 2.87. The molecule has 0 unspecified atom stereocenters. The predicted octanol–water partition coefficient (Wildman–Crippen LogP) is 1.78. The zero-order valence-corrected chi connectivity index (χ0v) is 11.2. The number of hydrogen-bond acceptors (Lipinski definition) is 3. The molecule has 0 aromatic heterocycles. The second kappa shape index (κ2) is 12.9. The molecule has 0 saturated carbocycles. The lowest BCUT2D eigenvalue weighted by atomic mass is 10.2. The number of hydrogen-bond donors (Lipinski definition) is 1. The van der Waals surface area contributed by atoms with Gasteiger partial charge in [-0.15, -0.1) is 0 Å². The summed E-state index contributed by atoms with van der Waals surface area (Å²) in [6, 6.07) is 0. The molecule has 1 aliphatic rings. The minimum Gasteiger partial charge on any atom is -0.400 e. The van der Waals surface area contributed by atoms with Crippen molar-refractivity contribution in [1.82, 2.24) is 4.90 Å². The Balaban J connectivity index is 0. The summed E-state index contributed by atoms with van der Waals surface area (Å²) in [5.74, 6) is 0.329. The molecule has 1 amide bonds. The quantitative estimate of drug-likeness (QED) is 0.769. The highest BCUT2D eigenvalue weighted by atomic mass is 16.2. The van der Waals surface area contributed by atoms with Gasteiger partial charge in [-0.3, -0.25) is 4.79 Å². The van der Waals surface area contributed by atoms with Crippen molar-refractivity contribution in [3.63, 3.8) is 0 Å². The van der Waals surface area contributed by atoms with Crippen molar-refractivity contribution in [2.45, 2.75) is 39.5 Å². The van der Waals surface area contributed by atoms with E-state index in [0.717, 1.165) is 26.6 Å². The molecule has 1 N–H and O–H groups in total. The summed E-state index contributed by atoms with van der Waals surface area (Å²) in [6.45, 7) is 8.10. The maximum absolute atomic E-state index is 11.5. The molecule has 1 rings (SSSR count). The van der Waals surface area contributed by atoms with Crippen molar-refractivity contribution in [3.8, 4) is 0 Å². The maximum atomic E-state index is 11.5. The van der Waals surface area contributed by atoms with E-state index in [-0.39, 0.29) is 0 Å². The molecule has 4 nitrogen and oxygen atoms in total. The summed E-state index contributed by atoms with van der Waals surface area (Å²) in [5.41, 5.74) is 1.30. The predicted molar refractivity (Wildman–Crippen MR) is 69.7 cm³/mol. The summed E-state index contributed by atoms with van der Waals surface area (Å²) in [6.07, 6.45) is 6.10. The van der Waals surface area contributed by atoms with Gasteiger partial charge >= 0.3 is 0 Å². The van der Waals surface area contributed by atoms with Gasteiger partial charge in [-0.25, -0.2) is 0 Å². The van der Waals surface area contributed by atoms with Crippen LogP contribution in [0.25, 0.3) is 0 Å². The van der Waals surface area contributed by atoms with Crippen LogP contribution in [-0.4, -0.2) is 42.9 Å². The fourth-order valence-corrected chi connectivity index (χ4v) is 1.61. The van der Waals surface area contributed by atoms with Gasteiger partial charge in [0.25, 0.3) is 0 Å². The largest absolute Gasteiger partial charge is 0.400 e. The van der Waals surface area contributed by atoms with Crippen LogP contribution in [0.2, 0.25) is 0 Å². The normalized spacial score (nSPS) is 12.8. The second-order valence-corrected chi connectivity index (χ2v) is 3.91. The van der Waals surface area contributed by atoms with E-state index in [4.69, 9.17) is 9.90 Å². The zero-order valence-electron chi connectivity index (χ0n) is 11.2. The third kappa shape index (κ3) is 9.75. The van der Waals surface area contributed by atoms with Gasteiger partial charge in [-0.05, 0) is 33.1 Å². The van der Waals surface area contributed by atoms with Crippen molar-refractivity contribution in [1.29, 1.82) is 0 Å². The Morgan fingerprint density at radius 1 is 1.24 bits per heavy atom. The van der Waals surface area contributed by atoms with E-state index in [9.17, 15) is 4.79 Å². The Kier molecular flexibility index (Phi) is 13.8. The van der Waals surface area contributed by atoms with Crippen molar-refractivity contribution in [2.75, 3.05) is 20.2 Å². The van der Waals surface area contributed by atoms with E-state index in [2.05, 4.69) is 19.9 Å². The molecule has 0 bridgehead atoms. The minimum atomic E-state index is 0.329. The van der Waals surface area contributed by atoms with Crippen LogP contribution in [0.15, 0.2) is 11.6 Å². The highest BCUT2D eigenvalue weighted by molar-refractivity contribution is 5.76. The molecular weight excluding hydrogens is 218 g/mol. The third-order valence-corrected chi connectivity index (χ3v) is 2.37. The van der Waals surface area contributed by atoms with Crippen LogP contribution in [0.5, 0.6) is 0 Å². The number of rotatable bonds is 3. The first-order chi connectivity index (χ1) is 8.20. The van der Waals surface area contributed by atoms with Crippen LogP contribution in [0.3, 0.4) is 0 Å². The smallest absolute Gasteiger partial charge is 0.222 e. The maximum Gasteiger partial charge on any atom is 0.222 e. The highest BCUT2D eigenvalue weighted by Crippen LogP contribution is 2.10. The van der Waals surface area contributed by atoms with Gasteiger partial charge < -0.3 is 14.8 Å². The van der Waals surface area contributed by atoms with Gasteiger partial charge in [0.1, 0.15) is 6.79 Å². The number of carbonyl (C=O) groups is 2. The summed E-state index contributed by atoms with van der Waals surface area (Å²) >= 11 is 0. The number of likely N-dealkylation sites (tertiary alicyclic amines) is 1. The molecule has 4 heteroatoms. The number of allylic oxidation sites excluding steroid dienone is 2. The number of nitrogens with zero attached hydrogens (tertiary/aromatic N) is 1. The van der Waals surface area contributed by atoms with E-state index >= 15 is 0 Å². The zero-order chi connectivity index (χ0) is 13.7. The van der Waals surface area contributed by atoms with E-state index in [1.807, 2.05) is 11.7 Å². The Morgan fingerprint density at radius 2 is 1.71 bits per heavy atom. The lowest BCUT2D eigenvalue weighted by molar-refractivity contribution is -0.130. The van der Waals surface area contributed by atoms with Gasteiger partial charge in [-0.1, -0.05) is 11.6 Å². The molecule has 1 saturated heterocycles. The molecular formula is C13H25NO3. The number of aliphatic hydroxyl groups excluding tert-OH is 1. The SMILES string of the molecule is C=O.CC(C)=CCCC(=O)N1CCCC1.CO. The van der Waals surface area contributed by atoms with Crippen molar-refractivity contribution >= 4 is 12.7 Å². The summed E-state index contributed by atoms with van der Waals surface area (Å²) < 4.78 is 0. The summed E-state index contributed by atoms with van der Waals surface area (Å²) in [7, 11) is 1.00. The van der Waals surface area contributed by atoms with Gasteiger partial charge in [0, 0.05) is 26.6 Å². The molecule has 0 spiro atoms. The monoisotopic (exact) mass is 243 g/mol. The van der Waals surface area contributed by atoms with Gasteiger partial charge in [0.2, 0.25) is 5.91 Å². The molecule has 0 radical (unpaired) electrons. The molecule has 0 aliphatic carbocycles. The van der Waals surface area contributed by atoms with E-state index < -0.39 is 0 Å². The fraction of sp³-hybridized carbons (Fsp3) is 0.692. The standard InChI is InChI=1S/C11H19NO.CH4O.CH2O/c1-10(2)6-5-7-11(13)12-8-3-4-9-12;2*1-2/h6H,3-5,7-9H2,1-2H3;2H,1H3;1H2. The number of carbonyl (C=O) groups excluding carboxylic acids is 2. The van der Waals surface area contributed by atoms with Crippen LogP contribution in [0.4, 0.5) is 0 Å².